The lowest BCUT2D eigenvalue weighted by Gasteiger charge is -2.23. The minimum atomic E-state index is -3.44. The van der Waals surface area contributed by atoms with Crippen LogP contribution in [-0.2, 0) is 10.0 Å². The molecule has 0 aliphatic heterocycles. The third kappa shape index (κ3) is 3.09. The van der Waals surface area contributed by atoms with Gasteiger partial charge in [0.25, 0.3) is 0 Å². The molecule has 5 heteroatoms. The number of sulfonamides is 1. The van der Waals surface area contributed by atoms with E-state index in [1.807, 2.05) is 12.1 Å². The van der Waals surface area contributed by atoms with Gasteiger partial charge >= 0.3 is 0 Å². The second kappa shape index (κ2) is 5.97. The van der Waals surface area contributed by atoms with Crippen LogP contribution in [0.2, 0.25) is 0 Å². The molecular formula is C16H24N2O2S. The van der Waals surface area contributed by atoms with Gasteiger partial charge < -0.3 is 5.32 Å². The standard InChI is InChI=1S/C16H24N2O2S/c1-2-9-17-14-5-3-4-6-16(14)21(19,20)18-15-11-12-7-8-13(15)10-12/h3-6,12-13,15,17-18H,2,7-11H2,1H3. The fourth-order valence-corrected chi connectivity index (χ4v) is 5.26. The maximum atomic E-state index is 12.7. The summed E-state index contributed by atoms with van der Waals surface area (Å²) >= 11 is 0. The van der Waals surface area contributed by atoms with Gasteiger partial charge in [-0.25, -0.2) is 13.1 Å². The van der Waals surface area contributed by atoms with Crippen LogP contribution in [0.5, 0.6) is 0 Å². The van der Waals surface area contributed by atoms with Crippen molar-refractivity contribution in [3.63, 3.8) is 0 Å². The van der Waals surface area contributed by atoms with Gasteiger partial charge in [-0.15, -0.1) is 0 Å². The van der Waals surface area contributed by atoms with Gasteiger partial charge in [-0.3, -0.25) is 0 Å². The van der Waals surface area contributed by atoms with Crippen molar-refractivity contribution in [3.8, 4) is 0 Å². The van der Waals surface area contributed by atoms with Crippen LogP contribution < -0.4 is 10.0 Å². The molecule has 21 heavy (non-hydrogen) atoms. The van der Waals surface area contributed by atoms with Crippen molar-refractivity contribution in [2.24, 2.45) is 11.8 Å². The molecule has 2 aliphatic carbocycles. The molecule has 3 atom stereocenters. The fraction of sp³-hybridized carbons (Fsp3) is 0.625. The first kappa shape index (κ1) is 14.9. The molecule has 2 aliphatic rings. The van der Waals surface area contributed by atoms with Crippen LogP contribution in [0.3, 0.4) is 0 Å². The molecule has 0 saturated heterocycles. The van der Waals surface area contributed by atoms with Gasteiger partial charge in [0.05, 0.1) is 5.69 Å². The number of anilines is 1. The zero-order chi connectivity index (χ0) is 14.9. The highest BCUT2D eigenvalue weighted by atomic mass is 32.2. The maximum Gasteiger partial charge on any atom is 0.242 e. The zero-order valence-electron chi connectivity index (χ0n) is 12.5. The molecular weight excluding hydrogens is 284 g/mol. The summed E-state index contributed by atoms with van der Waals surface area (Å²) in [5, 5.41) is 3.21. The fourth-order valence-electron chi connectivity index (χ4n) is 3.76. The minimum Gasteiger partial charge on any atom is -0.384 e. The van der Waals surface area contributed by atoms with Crippen LogP contribution >= 0.6 is 0 Å². The first-order valence-corrected chi connectivity index (χ1v) is 9.43. The molecule has 2 saturated carbocycles. The van der Waals surface area contributed by atoms with Crippen molar-refractivity contribution in [2.75, 3.05) is 11.9 Å². The predicted octanol–water partition coefficient (Wildman–Crippen LogP) is 2.98. The van der Waals surface area contributed by atoms with E-state index in [9.17, 15) is 8.42 Å². The Labute approximate surface area is 127 Å². The number of para-hydroxylation sites is 1. The maximum absolute atomic E-state index is 12.7. The Morgan fingerprint density at radius 3 is 2.67 bits per heavy atom. The van der Waals surface area contributed by atoms with Crippen LogP contribution in [0.25, 0.3) is 0 Å². The first-order chi connectivity index (χ1) is 10.1. The van der Waals surface area contributed by atoms with E-state index in [1.165, 1.54) is 19.3 Å². The summed E-state index contributed by atoms with van der Waals surface area (Å²) in [6, 6.07) is 7.31. The molecule has 1 aromatic rings. The lowest BCUT2D eigenvalue weighted by molar-refractivity contribution is 0.390. The normalized spacial score (nSPS) is 28.0. The Hall–Kier alpha value is -1.07. The monoisotopic (exact) mass is 308 g/mol. The first-order valence-electron chi connectivity index (χ1n) is 7.95. The summed E-state index contributed by atoms with van der Waals surface area (Å²) in [7, 11) is -3.44. The molecule has 0 heterocycles. The van der Waals surface area contributed by atoms with E-state index in [0.29, 0.717) is 16.5 Å². The molecule has 4 nitrogen and oxygen atoms in total. The van der Waals surface area contributed by atoms with Crippen molar-refractivity contribution in [3.05, 3.63) is 24.3 Å². The van der Waals surface area contributed by atoms with Crippen LogP contribution in [0.15, 0.2) is 29.2 Å². The van der Waals surface area contributed by atoms with Gasteiger partial charge in [0.2, 0.25) is 10.0 Å². The molecule has 3 rings (SSSR count). The van der Waals surface area contributed by atoms with E-state index in [4.69, 9.17) is 0 Å². The van der Waals surface area contributed by atoms with E-state index in [-0.39, 0.29) is 6.04 Å². The highest BCUT2D eigenvalue weighted by molar-refractivity contribution is 7.89. The Balaban J connectivity index is 1.78. The number of hydrogen-bond acceptors (Lipinski definition) is 3. The number of hydrogen-bond donors (Lipinski definition) is 2. The zero-order valence-corrected chi connectivity index (χ0v) is 13.3. The van der Waals surface area contributed by atoms with E-state index < -0.39 is 10.0 Å². The van der Waals surface area contributed by atoms with Gasteiger partial charge in [0, 0.05) is 12.6 Å². The number of nitrogens with one attached hydrogen (secondary N) is 2. The lowest BCUT2D eigenvalue weighted by atomic mass is 9.96. The Bertz CT molecular complexity index is 600. The molecule has 116 valence electrons. The summed E-state index contributed by atoms with van der Waals surface area (Å²) in [6.07, 6.45) is 5.62. The third-order valence-electron chi connectivity index (χ3n) is 4.79. The third-order valence-corrected chi connectivity index (χ3v) is 6.33. The Kier molecular flexibility index (Phi) is 4.22. The highest BCUT2D eigenvalue weighted by Gasteiger charge is 2.41. The largest absolute Gasteiger partial charge is 0.384 e. The number of benzene rings is 1. The predicted molar refractivity (Wildman–Crippen MR) is 84.8 cm³/mol. The average molecular weight is 308 g/mol. The van der Waals surface area contributed by atoms with Crippen molar-refractivity contribution < 1.29 is 8.42 Å². The second-order valence-corrected chi connectivity index (χ2v) is 8.01. The van der Waals surface area contributed by atoms with Gasteiger partial charge in [0.1, 0.15) is 4.90 Å². The van der Waals surface area contributed by atoms with Gasteiger partial charge in [0.15, 0.2) is 0 Å². The van der Waals surface area contributed by atoms with Gasteiger partial charge in [-0.1, -0.05) is 25.5 Å². The van der Waals surface area contributed by atoms with E-state index in [0.717, 1.165) is 25.3 Å². The summed E-state index contributed by atoms with van der Waals surface area (Å²) in [5.74, 6) is 1.27. The van der Waals surface area contributed by atoms with Crippen molar-refractivity contribution in [1.29, 1.82) is 0 Å². The van der Waals surface area contributed by atoms with E-state index in [1.54, 1.807) is 12.1 Å². The number of rotatable bonds is 6. The van der Waals surface area contributed by atoms with Gasteiger partial charge in [-0.2, -0.15) is 0 Å². The van der Waals surface area contributed by atoms with Gasteiger partial charge in [-0.05, 0) is 49.7 Å². The smallest absolute Gasteiger partial charge is 0.242 e. The summed E-state index contributed by atoms with van der Waals surface area (Å²) in [4.78, 5) is 0.376. The quantitative estimate of drug-likeness (QED) is 0.849. The minimum absolute atomic E-state index is 0.132. The Morgan fingerprint density at radius 1 is 1.19 bits per heavy atom. The summed E-state index contributed by atoms with van der Waals surface area (Å²) in [5.41, 5.74) is 0.704. The Morgan fingerprint density at radius 2 is 2.00 bits per heavy atom. The highest BCUT2D eigenvalue weighted by Crippen LogP contribution is 2.45. The number of fused-ring (bicyclic) bond motifs is 2. The summed E-state index contributed by atoms with van der Waals surface area (Å²) in [6.45, 7) is 2.85. The molecule has 3 unspecified atom stereocenters. The molecule has 0 spiro atoms. The molecule has 1 aromatic carbocycles. The van der Waals surface area contributed by atoms with Crippen LogP contribution in [0.1, 0.15) is 39.0 Å². The molecule has 2 bridgehead atoms. The van der Waals surface area contributed by atoms with Crippen molar-refractivity contribution in [2.45, 2.75) is 50.0 Å². The summed E-state index contributed by atoms with van der Waals surface area (Å²) < 4.78 is 28.3. The SMILES string of the molecule is CCCNc1ccccc1S(=O)(=O)NC1CC2CCC1C2. The van der Waals surface area contributed by atoms with E-state index >= 15 is 0 Å². The van der Waals surface area contributed by atoms with Crippen LogP contribution in [0, 0.1) is 11.8 Å². The van der Waals surface area contributed by atoms with E-state index in [2.05, 4.69) is 17.0 Å². The molecule has 0 radical (unpaired) electrons. The lowest BCUT2D eigenvalue weighted by Crippen LogP contribution is -2.38. The molecule has 0 amide bonds. The van der Waals surface area contributed by atoms with Crippen molar-refractivity contribution in [1.82, 2.24) is 4.72 Å². The molecule has 2 fully saturated rings. The van der Waals surface area contributed by atoms with Crippen LogP contribution in [-0.4, -0.2) is 21.0 Å². The average Bonchev–Trinajstić information content (AvgIpc) is 3.07. The molecule has 2 N–H and O–H groups in total. The topological polar surface area (TPSA) is 58.2 Å². The molecule has 0 aromatic heterocycles. The van der Waals surface area contributed by atoms with Crippen molar-refractivity contribution >= 4 is 15.7 Å². The second-order valence-electron chi connectivity index (χ2n) is 6.33. The van der Waals surface area contributed by atoms with Crippen LogP contribution in [0.4, 0.5) is 5.69 Å².